The van der Waals surface area contributed by atoms with Crippen LogP contribution in [0, 0.1) is 6.92 Å². The molecule has 1 aliphatic carbocycles. The van der Waals surface area contributed by atoms with Crippen LogP contribution >= 0.6 is 0 Å². The zero-order chi connectivity index (χ0) is 10.3. The normalized spacial score (nSPS) is 15.5. The number of aryl methyl sites for hydroxylation is 1. The molecule has 0 atom stereocenters. The predicted octanol–water partition coefficient (Wildman–Crippen LogP) is 2.66. The van der Waals surface area contributed by atoms with Gasteiger partial charge in [0.1, 0.15) is 5.82 Å². The molecule has 3 rings (SSSR count). The van der Waals surface area contributed by atoms with Crippen molar-refractivity contribution in [2.24, 2.45) is 0 Å². The van der Waals surface area contributed by atoms with Crippen LogP contribution in [0.5, 0.6) is 0 Å². The second kappa shape index (κ2) is 3.19. The minimum Gasteiger partial charge on any atom is -0.342 e. The molecule has 0 aliphatic heterocycles. The van der Waals surface area contributed by atoms with Crippen molar-refractivity contribution in [2.45, 2.75) is 25.7 Å². The van der Waals surface area contributed by atoms with E-state index in [1.165, 1.54) is 18.5 Å². The molecule has 0 spiro atoms. The molecule has 0 unspecified atom stereocenters. The molecule has 76 valence electrons. The average molecular weight is 199 g/mol. The van der Waals surface area contributed by atoms with Gasteiger partial charge in [0.2, 0.25) is 0 Å². The Bertz CT molecular complexity index is 483. The molecule has 0 radical (unpaired) electrons. The van der Waals surface area contributed by atoms with Crippen molar-refractivity contribution >= 4 is 0 Å². The van der Waals surface area contributed by atoms with E-state index in [-0.39, 0.29) is 0 Å². The lowest BCUT2D eigenvalue weighted by molar-refractivity contribution is 1.05. The van der Waals surface area contributed by atoms with E-state index < -0.39 is 0 Å². The third-order valence-electron chi connectivity index (χ3n) is 2.76. The third-order valence-corrected chi connectivity index (χ3v) is 2.76. The van der Waals surface area contributed by atoms with Gasteiger partial charge in [-0.25, -0.2) is 4.98 Å². The quantitative estimate of drug-likeness (QED) is 0.807. The monoisotopic (exact) mass is 199 g/mol. The van der Waals surface area contributed by atoms with Crippen LogP contribution in [0.15, 0.2) is 24.7 Å². The van der Waals surface area contributed by atoms with Gasteiger partial charge in [0.25, 0.3) is 0 Å². The molecule has 3 nitrogen and oxygen atoms in total. The van der Waals surface area contributed by atoms with Gasteiger partial charge < -0.3 is 4.98 Å². The molecule has 2 aromatic heterocycles. The van der Waals surface area contributed by atoms with Gasteiger partial charge in [-0.2, -0.15) is 0 Å². The number of pyridine rings is 1. The van der Waals surface area contributed by atoms with Crippen molar-refractivity contribution in [1.82, 2.24) is 15.0 Å². The lowest BCUT2D eigenvalue weighted by Gasteiger charge is -1.97. The van der Waals surface area contributed by atoms with Gasteiger partial charge in [0, 0.05) is 35.8 Å². The molecule has 2 aromatic rings. The topological polar surface area (TPSA) is 41.6 Å². The maximum Gasteiger partial charge on any atom is 0.139 e. The Morgan fingerprint density at radius 3 is 2.87 bits per heavy atom. The molecule has 0 bridgehead atoms. The van der Waals surface area contributed by atoms with Crippen molar-refractivity contribution in [3.05, 3.63) is 35.9 Å². The van der Waals surface area contributed by atoms with E-state index in [0.717, 1.165) is 22.9 Å². The molecule has 0 amide bonds. The van der Waals surface area contributed by atoms with Crippen LogP contribution in [0.2, 0.25) is 0 Å². The highest BCUT2D eigenvalue weighted by atomic mass is 14.9. The molecule has 1 aliphatic rings. The molecule has 0 saturated heterocycles. The van der Waals surface area contributed by atoms with E-state index >= 15 is 0 Å². The molecule has 15 heavy (non-hydrogen) atoms. The van der Waals surface area contributed by atoms with E-state index in [2.05, 4.69) is 21.0 Å². The molecule has 1 fully saturated rings. The van der Waals surface area contributed by atoms with Crippen LogP contribution in [-0.2, 0) is 0 Å². The van der Waals surface area contributed by atoms with Crippen molar-refractivity contribution in [2.75, 3.05) is 0 Å². The van der Waals surface area contributed by atoms with E-state index in [1.807, 2.05) is 25.5 Å². The zero-order valence-corrected chi connectivity index (χ0v) is 8.70. The number of aromatic nitrogens is 3. The summed E-state index contributed by atoms with van der Waals surface area (Å²) in [6.07, 6.45) is 8.26. The number of aromatic amines is 1. The Labute approximate surface area is 88.6 Å². The van der Waals surface area contributed by atoms with Gasteiger partial charge in [0.05, 0.1) is 0 Å². The lowest BCUT2D eigenvalue weighted by atomic mass is 10.2. The molecular formula is C12H13N3. The standard InChI is InChI=1S/C12H13N3/c1-8-4-10(6-13-5-8)12-14-7-11(15-12)9-2-3-9/h4-7,9H,2-3H2,1H3,(H,14,15). The highest BCUT2D eigenvalue weighted by Crippen LogP contribution is 2.39. The Morgan fingerprint density at radius 1 is 1.27 bits per heavy atom. The van der Waals surface area contributed by atoms with Crippen LogP contribution in [0.25, 0.3) is 11.4 Å². The van der Waals surface area contributed by atoms with Gasteiger partial charge >= 0.3 is 0 Å². The third kappa shape index (κ3) is 1.65. The van der Waals surface area contributed by atoms with Crippen molar-refractivity contribution < 1.29 is 0 Å². The summed E-state index contributed by atoms with van der Waals surface area (Å²) in [5.41, 5.74) is 3.50. The number of rotatable bonds is 2. The maximum atomic E-state index is 4.39. The van der Waals surface area contributed by atoms with E-state index in [4.69, 9.17) is 0 Å². The highest BCUT2D eigenvalue weighted by Gasteiger charge is 2.25. The number of imidazole rings is 1. The summed E-state index contributed by atoms with van der Waals surface area (Å²) in [5, 5.41) is 0. The minimum atomic E-state index is 0.726. The van der Waals surface area contributed by atoms with Gasteiger partial charge in [-0.05, 0) is 31.4 Å². The van der Waals surface area contributed by atoms with E-state index in [1.54, 1.807) is 0 Å². The molecular weight excluding hydrogens is 186 g/mol. The smallest absolute Gasteiger partial charge is 0.139 e. The van der Waals surface area contributed by atoms with Gasteiger partial charge in [-0.1, -0.05) is 0 Å². The van der Waals surface area contributed by atoms with Crippen LogP contribution in [0.3, 0.4) is 0 Å². The first-order valence-electron chi connectivity index (χ1n) is 5.30. The number of hydrogen-bond donors (Lipinski definition) is 1. The SMILES string of the molecule is Cc1cncc(-c2ncc(C3CC3)[nH]2)c1. The highest BCUT2D eigenvalue weighted by molar-refractivity contribution is 5.54. The van der Waals surface area contributed by atoms with Gasteiger partial charge in [-0.15, -0.1) is 0 Å². The fourth-order valence-corrected chi connectivity index (χ4v) is 1.77. The summed E-state index contributed by atoms with van der Waals surface area (Å²) in [4.78, 5) is 11.9. The number of hydrogen-bond acceptors (Lipinski definition) is 2. The molecule has 0 aromatic carbocycles. The van der Waals surface area contributed by atoms with Crippen LogP contribution in [0.4, 0.5) is 0 Å². The second-order valence-corrected chi connectivity index (χ2v) is 4.21. The van der Waals surface area contributed by atoms with E-state index in [9.17, 15) is 0 Å². The lowest BCUT2D eigenvalue weighted by Crippen LogP contribution is -1.85. The van der Waals surface area contributed by atoms with Gasteiger partial charge in [-0.3, -0.25) is 4.98 Å². The first-order valence-corrected chi connectivity index (χ1v) is 5.30. The predicted molar refractivity (Wildman–Crippen MR) is 58.5 cm³/mol. The Kier molecular flexibility index (Phi) is 1.84. The average Bonchev–Trinajstić information content (AvgIpc) is 2.97. The first kappa shape index (κ1) is 8.65. The van der Waals surface area contributed by atoms with Crippen molar-refractivity contribution in [3.63, 3.8) is 0 Å². The van der Waals surface area contributed by atoms with Crippen molar-refractivity contribution in [1.29, 1.82) is 0 Å². The van der Waals surface area contributed by atoms with Gasteiger partial charge in [0.15, 0.2) is 0 Å². The second-order valence-electron chi connectivity index (χ2n) is 4.21. The summed E-state index contributed by atoms with van der Waals surface area (Å²) in [6.45, 7) is 2.04. The Morgan fingerprint density at radius 2 is 2.13 bits per heavy atom. The summed E-state index contributed by atoms with van der Waals surface area (Å²) >= 11 is 0. The van der Waals surface area contributed by atoms with Crippen molar-refractivity contribution in [3.8, 4) is 11.4 Å². The molecule has 1 saturated carbocycles. The summed E-state index contributed by atoms with van der Waals surface area (Å²) in [6, 6.07) is 2.10. The molecule has 2 heterocycles. The Balaban J connectivity index is 1.97. The maximum absolute atomic E-state index is 4.39. The first-order chi connectivity index (χ1) is 7.33. The number of nitrogens with zero attached hydrogens (tertiary/aromatic N) is 2. The summed E-state index contributed by atoms with van der Waals surface area (Å²) < 4.78 is 0. The largest absolute Gasteiger partial charge is 0.342 e. The zero-order valence-electron chi connectivity index (χ0n) is 8.70. The Hall–Kier alpha value is -1.64. The number of nitrogens with one attached hydrogen (secondary N) is 1. The van der Waals surface area contributed by atoms with Crippen LogP contribution < -0.4 is 0 Å². The minimum absolute atomic E-state index is 0.726. The van der Waals surface area contributed by atoms with E-state index in [0.29, 0.717) is 0 Å². The summed E-state index contributed by atoms with van der Waals surface area (Å²) in [5.74, 6) is 1.66. The fourth-order valence-electron chi connectivity index (χ4n) is 1.77. The van der Waals surface area contributed by atoms with Crippen LogP contribution in [-0.4, -0.2) is 15.0 Å². The van der Waals surface area contributed by atoms with Crippen LogP contribution in [0.1, 0.15) is 30.0 Å². The number of H-pyrrole nitrogens is 1. The molecule has 1 N–H and O–H groups in total. The fraction of sp³-hybridized carbons (Fsp3) is 0.333. The molecule has 3 heteroatoms. The summed E-state index contributed by atoms with van der Waals surface area (Å²) in [7, 11) is 0.